The first-order valence-electron chi connectivity index (χ1n) is 12.1. The van der Waals surface area contributed by atoms with Crippen LogP contribution in [0.1, 0.15) is 16.7 Å². The van der Waals surface area contributed by atoms with Crippen LogP contribution < -0.4 is 14.2 Å². The maximum Gasteiger partial charge on any atom is 0.184 e. The van der Waals surface area contributed by atoms with Gasteiger partial charge in [-0.05, 0) is 53.1 Å². The van der Waals surface area contributed by atoms with E-state index in [-0.39, 0.29) is 13.2 Å². The van der Waals surface area contributed by atoms with E-state index >= 15 is 0 Å². The highest BCUT2D eigenvalue weighted by molar-refractivity contribution is 5.28. The topological polar surface area (TPSA) is 84.8 Å². The highest BCUT2D eigenvalue weighted by Crippen LogP contribution is 2.28. The van der Waals surface area contributed by atoms with Crippen molar-refractivity contribution in [2.75, 3.05) is 27.9 Å². The number of rotatable bonds is 13. The van der Waals surface area contributed by atoms with Crippen molar-refractivity contribution in [3.8, 4) is 17.2 Å². The second-order valence-electron chi connectivity index (χ2n) is 8.68. The lowest BCUT2D eigenvalue weighted by atomic mass is 10.1. The van der Waals surface area contributed by atoms with Gasteiger partial charge in [0.15, 0.2) is 6.29 Å². The molecule has 0 aromatic heterocycles. The summed E-state index contributed by atoms with van der Waals surface area (Å²) in [6, 6.07) is 22.9. The summed E-state index contributed by atoms with van der Waals surface area (Å²) in [6.45, 7) is 1.24. The van der Waals surface area contributed by atoms with E-state index in [0.717, 1.165) is 33.9 Å². The predicted octanol–water partition coefficient (Wildman–Crippen LogP) is 4.12. The molecular formula is C29H34O8. The second kappa shape index (κ2) is 13.4. The molecule has 1 unspecified atom stereocenters. The molecule has 0 amide bonds. The van der Waals surface area contributed by atoms with Gasteiger partial charge in [0, 0.05) is 0 Å². The van der Waals surface area contributed by atoms with Crippen molar-refractivity contribution in [2.24, 2.45) is 0 Å². The highest BCUT2D eigenvalue weighted by atomic mass is 16.7. The summed E-state index contributed by atoms with van der Waals surface area (Å²) in [5, 5.41) is 10.7. The summed E-state index contributed by atoms with van der Waals surface area (Å²) < 4.78 is 39.8. The molecule has 1 heterocycles. The number of hydrogen-bond acceptors (Lipinski definition) is 8. The SMILES string of the molecule is COc1ccc(COC[C@H]2OC(O)[C@@H](OCc3ccc(OC)cc3)[C@H]2OCc2ccc(OC)cc2)cc1. The first kappa shape index (κ1) is 26.9. The van der Waals surface area contributed by atoms with Gasteiger partial charge in [-0.3, -0.25) is 0 Å². The Morgan fingerprint density at radius 1 is 0.595 bits per heavy atom. The minimum atomic E-state index is -1.14. The largest absolute Gasteiger partial charge is 0.497 e. The molecule has 4 atom stereocenters. The molecule has 3 aromatic carbocycles. The van der Waals surface area contributed by atoms with Gasteiger partial charge in [-0.15, -0.1) is 0 Å². The number of methoxy groups -OCH3 is 3. The van der Waals surface area contributed by atoms with Gasteiger partial charge in [-0.1, -0.05) is 36.4 Å². The molecule has 4 rings (SSSR count). The minimum Gasteiger partial charge on any atom is -0.497 e. The molecule has 37 heavy (non-hydrogen) atoms. The van der Waals surface area contributed by atoms with Gasteiger partial charge in [-0.25, -0.2) is 0 Å². The Labute approximate surface area is 217 Å². The summed E-state index contributed by atoms with van der Waals surface area (Å²) in [7, 11) is 4.89. The van der Waals surface area contributed by atoms with Crippen LogP contribution in [0, 0.1) is 0 Å². The average molecular weight is 511 g/mol. The van der Waals surface area contributed by atoms with Crippen LogP contribution in [-0.4, -0.2) is 57.6 Å². The van der Waals surface area contributed by atoms with Gasteiger partial charge in [0.25, 0.3) is 0 Å². The molecule has 3 aromatic rings. The number of hydrogen-bond donors (Lipinski definition) is 1. The molecule has 1 fully saturated rings. The number of aliphatic hydroxyl groups is 1. The second-order valence-corrected chi connectivity index (χ2v) is 8.68. The summed E-state index contributed by atoms with van der Waals surface area (Å²) in [4.78, 5) is 0. The first-order chi connectivity index (χ1) is 18.1. The Balaban J connectivity index is 1.39. The lowest BCUT2D eigenvalue weighted by Gasteiger charge is -2.24. The van der Waals surface area contributed by atoms with Crippen LogP contribution in [0.3, 0.4) is 0 Å². The lowest BCUT2D eigenvalue weighted by molar-refractivity contribution is -0.153. The van der Waals surface area contributed by atoms with Gasteiger partial charge < -0.3 is 38.3 Å². The smallest absolute Gasteiger partial charge is 0.184 e. The zero-order valence-corrected chi connectivity index (χ0v) is 21.4. The Bertz CT molecular complexity index is 1070. The normalized spacial score (nSPS) is 21.1. The molecule has 0 aliphatic carbocycles. The Morgan fingerprint density at radius 3 is 1.43 bits per heavy atom. The van der Waals surface area contributed by atoms with Crippen molar-refractivity contribution in [3.05, 3.63) is 89.5 Å². The van der Waals surface area contributed by atoms with Crippen molar-refractivity contribution in [2.45, 2.75) is 44.4 Å². The number of aliphatic hydroxyl groups excluding tert-OH is 1. The molecule has 198 valence electrons. The zero-order valence-electron chi connectivity index (χ0n) is 21.4. The van der Waals surface area contributed by atoms with E-state index in [9.17, 15) is 5.11 Å². The molecule has 0 bridgehead atoms. The van der Waals surface area contributed by atoms with Crippen molar-refractivity contribution in [3.63, 3.8) is 0 Å². The van der Waals surface area contributed by atoms with Crippen LogP contribution in [0.5, 0.6) is 17.2 Å². The fourth-order valence-corrected chi connectivity index (χ4v) is 4.06. The Hall–Kier alpha value is -3.14. The molecule has 1 N–H and O–H groups in total. The monoisotopic (exact) mass is 510 g/mol. The van der Waals surface area contributed by atoms with Crippen LogP contribution in [0.15, 0.2) is 72.8 Å². The van der Waals surface area contributed by atoms with E-state index < -0.39 is 24.6 Å². The maximum absolute atomic E-state index is 10.7. The fraction of sp³-hybridized carbons (Fsp3) is 0.379. The molecular weight excluding hydrogens is 476 g/mol. The summed E-state index contributed by atoms with van der Waals surface area (Å²) >= 11 is 0. The molecule has 0 saturated carbocycles. The zero-order chi connectivity index (χ0) is 26.0. The standard InChI is InChI=1S/C29H34O8/c1-31-23-10-4-20(5-11-23)16-34-19-26-27(35-17-21-6-12-24(32-2)13-7-21)28(29(30)37-26)36-18-22-8-14-25(33-3)15-9-22/h4-15,26-30H,16-19H2,1-3H3/t26-,27+,28+,29?/m1/s1. The van der Waals surface area contributed by atoms with Crippen molar-refractivity contribution < 1.29 is 38.3 Å². The van der Waals surface area contributed by atoms with E-state index in [4.69, 9.17) is 33.2 Å². The van der Waals surface area contributed by atoms with Gasteiger partial charge in [0.1, 0.15) is 35.6 Å². The highest BCUT2D eigenvalue weighted by Gasteiger charge is 2.45. The summed E-state index contributed by atoms with van der Waals surface area (Å²) in [6.07, 6.45) is -2.87. The van der Waals surface area contributed by atoms with Crippen LogP contribution in [0.2, 0.25) is 0 Å². The number of benzene rings is 3. The van der Waals surface area contributed by atoms with Crippen molar-refractivity contribution in [1.82, 2.24) is 0 Å². The van der Waals surface area contributed by atoms with Crippen LogP contribution in [-0.2, 0) is 38.8 Å². The van der Waals surface area contributed by atoms with Crippen LogP contribution in [0.4, 0.5) is 0 Å². The molecule has 8 nitrogen and oxygen atoms in total. The lowest BCUT2D eigenvalue weighted by Crippen LogP contribution is -2.39. The summed E-state index contributed by atoms with van der Waals surface area (Å²) in [5.74, 6) is 2.33. The van der Waals surface area contributed by atoms with Gasteiger partial charge in [0.05, 0.1) is 47.8 Å². The molecule has 0 radical (unpaired) electrons. The molecule has 1 aliphatic rings. The van der Waals surface area contributed by atoms with Gasteiger partial charge in [-0.2, -0.15) is 0 Å². The van der Waals surface area contributed by atoms with Crippen LogP contribution in [0.25, 0.3) is 0 Å². The van der Waals surface area contributed by atoms with E-state index in [1.165, 1.54) is 0 Å². The van der Waals surface area contributed by atoms with Gasteiger partial charge in [0.2, 0.25) is 0 Å². The van der Waals surface area contributed by atoms with Crippen LogP contribution >= 0.6 is 0 Å². The summed E-state index contributed by atoms with van der Waals surface area (Å²) in [5.41, 5.74) is 2.91. The van der Waals surface area contributed by atoms with Gasteiger partial charge >= 0.3 is 0 Å². The average Bonchev–Trinajstić information content (AvgIpc) is 3.25. The third kappa shape index (κ3) is 7.44. The molecule has 1 saturated heterocycles. The third-order valence-electron chi connectivity index (χ3n) is 6.20. The quantitative estimate of drug-likeness (QED) is 0.368. The first-order valence-corrected chi connectivity index (χ1v) is 12.1. The maximum atomic E-state index is 10.7. The van der Waals surface area contributed by atoms with E-state index in [0.29, 0.717) is 13.2 Å². The third-order valence-corrected chi connectivity index (χ3v) is 6.20. The Morgan fingerprint density at radius 2 is 1.00 bits per heavy atom. The number of ether oxygens (including phenoxy) is 7. The predicted molar refractivity (Wildman–Crippen MR) is 137 cm³/mol. The molecule has 8 heteroatoms. The molecule has 0 spiro atoms. The van der Waals surface area contributed by atoms with E-state index in [1.807, 2.05) is 72.8 Å². The molecule has 1 aliphatic heterocycles. The fourth-order valence-electron chi connectivity index (χ4n) is 4.06. The van der Waals surface area contributed by atoms with Crippen molar-refractivity contribution in [1.29, 1.82) is 0 Å². The Kier molecular flexibility index (Phi) is 9.76. The van der Waals surface area contributed by atoms with E-state index in [2.05, 4.69) is 0 Å². The minimum absolute atomic E-state index is 0.235. The van der Waals surface area contributed by atoms with Crippen molar-refractivity contribution >= 4 is 0 Å². The van der Waals surface area contributed by atoms with E-state index in [1.54, 1.807) is 21.3 Å².